The molecule has 2 aromatic rings. The molecular weight excluding hydrogens is 462 g/mol. The Kier molecular flexibility index (Phi) is 8.23. The predicted octanol–water partition coefficient (Wildman–Crippen LogP) is 2.52. The molecule has 0 aliphatic carbocycles. The van der Waals surface area contributed by atoms with Crippen LogP contribution in [0, 0.1) is 5.92 Å². The number of sulfone groups is 1. The maximum absolute atomic E-state index is 13.1. The second-order valence-electron chi connectivity index (χ2n) is 9.79. The van der Waals surface area contributed by atoms with Crippen LogP contribution >= 0.6 is 0 Å². The Morgan fingerprint density at radius 2 is 1.74 bits per heavy atom. The lowest BCUT2D eigenvalue weighted by atomic mass is 9.90. The highest BCUT2D eigenvalue weighted by atomic mass is 32.2. The minimum atomic E-state index is -3.26. The maximum atomic E-state index is 13.1. The summed E-state index contributed by atoms with van der Waals surface area (Å²) in [6, 6.07) is 17.1. The Morgan fingerprint density at radius 3 is 2.43 bits per heavy atom. The minimum absolute atomic E-state index is 0.0925. The smallest absolute Gasteiger partial charge is 0.255 e. The summed E-state index contributed by atoms with van der Waals surface area (Å²) in [4.78, 5) is 29.9. The van der Waals surface area contributed by atoms with E-state index in [1.165, 1.54) is 10.5 Å². The molecule has 2 heterocycles. The number of carbonyl (C=O) groups excluding carboxylic acids is 2. The molecule has 188 valence electrons. The van der Waals surface area contributed by atoms with Crippen LogP contribution in [0.1, 0.15) is 40.7 Å². The first-order valence-corrected chi connectivity index (χ1v) is 14.5. The molecule has 1 atom stereocenters. The van der Waals surface area contributed by atoms with Crippen LogP contribution in [-0.4, -0.2) is 74.3 Å². The van der Waals surface area contributed by atoms with E-state index in [1.807, 2.05) is 18.2 Å². The number of nitrogens with zero attached hydrogens (tertiary/aromatic N) is 2. The van der Waals surface area contributed by atoms with Crippen molar-refractivity contribution in [1.82, 2.24) is 15.1 Å². The summed E-state index contributed by atoms with van der Waals surface area (Å²) in [6.45, 7) is 3.56. The van der Waals surface area contributed by atoms with Gasteiger partial charge in [0.25, 0.3) is 5.91 Å². The van der Waals surface area contributed by atoms with Crippen molar-refractivity contribution in [3.63, 3.8) is 0 Å². The third-order valence-corrected chi connectivity index (χ3v) is 8.07. The van der Waals surface area contributed by atoms with Crippen LogP contribution in [0.5, 0.6) is 0 Å². The van der Waals surface area contributed by atoms with Crippen molar-refractivity contribution < 1.29 is 18.0 Å². The lowest BCUT2D eigenvalue weighted by Crippen LogP contribution is -2.49. The molecule has 2 aliphatic heterocycles. The van der Waals surface area contributed by atoms with Crippen molar-refractivity contribution in [2.75, 3.05) is 38.2 Å². The Bertz CT molecular complexity index is 1130. The summed E-state index contributed by atoms with van der Waals surface area (Å²) in [7, 11) is -3.26. The van der Waals surface area contributed by atoms with Gasteiger partial charge in [-0.05, 0) is 61.9 Å². The zero-order valence-corrected chi connectivity index (χ0v) is 21.2. The van der Waals surface area contributed by atoms with Crippen molar-refractivity contribution in [3.8, 4) is 0 Å². The van der Waals surface area contributed by atoms with E-state index >= 15 is 0 Å². The van der Waals surface area contributed by atoms with Crippen LogP contribution in [-0.2, 0) is 27.6 Å². The van der Waals surface area contributed by atoms with Gasteiger partial charge < -0.3 is 15.1 Å². The number of likely N-dealkylation sites (tertiary alicyclic amines) is 1. The van der Waals surface area contributed by atoms with Gasteiger partial charge in [-0.25, -0.2) is 8.42 Å². The molecule has 0 spiro atoms. The van der Waals surface area contributed by atoms with Crippen LogP contribution in [0.4, 0.5) is 0 Å². The first kappa shape index (κ1) is 25.4. The molecular formula is C27H35N3O4S. The third kappa shape index (κ3) is 6.92. The topological polar surface area (TPSA) is 86.8 Å². The fraction of sp³-hybridized carbons (Fsp3) is 0.481. The Labute approximate surface area is 208 Å². The quantitative estimate of drug-likeness (QED) is 0.545. The number of carbonyl (C=O) groups is 2. The molecule has 35 heavy (non-hydrogen) atoms. The molecule has 0 aromatic heterocycles. The number of hydrogen-bond donors (Lipinski definition) is 1. The first-order valence-electron chi connectivity index (χ1n) is 12.4. The fourth-order valence-corrected chi connectivity index (χ4v) is 5.75. The van der Waals surface area contributed by atoms with Crippen LogP contribution in [0.2, 0.25) is 0 Å². The van der Waals surface area contributed by atoms with Crippen molar-refractivity contribution >= 4 is 21.7 Å². The number of amides is 2. The lowest BCUT2D eigenvalue weighted by Gasteiger charge is -2.32. The monoisotopic (exact) mass is 497 g/mol. The molecule has 1 N–H and O–H groups in total. The number of piperidine rings is 1. The predicted molar refractivity (Wildman–Crippen MR) is 137 cm³/mol. The van der Waals surface area contributed by atoms with Crippen molar-refractivity contribution in [2.24, 2.45) is 5.92 Å². The number of fused-ring (bicyclic) bond motifs is 1. The fourth-order valence-electron chi connectivity index (χ4n) is 5.10. The van der Waals surface area contributed by atoms with E-state index in [2.05, 4.69) is 34.5 Å². The Balaban J connectivity index is 1.28. The van der Waals surface area contributed by atoms with Gasteiger partial charge in [0, 0.05) is 31.5 Å². The van der Waals surface area contributed by atoms with Crippen molar-refractivity contribution in [1.29, 1.82) is 0 Å². The highest BCUT2D eigenvalue weighted by molar-refractivity contribution is 7.90. The lowest BCUT2D eigenvalue weighted by molar-refractivity contribution is -0.125. The van der Waals surface area contributed by atoms with Crippen molar-refractivity contribution in [2.45, 2.75) is 38.3 Å². The van der Waals surface area contributed by atoms with Gasteiger partial charge in [-0.1, -0.05) is 48.5 Å². The molecule has 0 unspecified atom stereocenters. The average molecular weight is 498 g/mol. The van der Waals surface area contributed by atoms with E-state index in [0.29, 0.717) is 24.6 Å². The second kappa shape index (κ2) is 11.4. The first-order chi connectivity index (χ1) is 16.8. The molecule has 1 saturated heterocycles. The Morgan fingerprint density at radius 1 is 1.06 bits per heavy atom. The molecule has 2 aromatic carbocycles. The summed E-state index contributed by atoms with van der Waals surface area (Å²) in [5, 5.41) is 2.97. The van der Waals surface area contributed by atoms with Gasteiger partial charge in [-0.3, -0.25) is 9.59 Å². The molecule has 0 bridgehead atoms. The number of hydrogen-bond acceptors (Lipinski definition) is 5. The number of benzene rings is 2. The van der Waals surface area contributed by atoms with Gasteiger partial charge in [0.2, 0.25) is 5.91 Å². The molecule has 7 nitrogen and oxygen atoms in total. The zero-order chi connectivity index (χ0) is 24.8. The van der Waals surface area contributed by atoms with Crippen LogP contribution in [0.15, 0.2) is 54.6 Å². The van der Waals surface area contributed by atoms with E-state index < -0.39 is 15.9 Å². The van der Waals surface area contributed by atoms with Gasteiger partial charge in [0.1, 0.15) is 15.9 Å². The Hall–Kier alpha value is -2.71. The summed E-state index contributed by atoms with van der Waals surface area (Å²) in [5.74, 6) is 0.0510. The molecule has 1 fully saturated rings. The van der Waals surface area contributed by atoms with Crippen LogP contribution < -0.4 is 5.32 Å². The highest BCUT2D eigenvalue weighted by Gasteiger charge is 2.36. The summed E-state index contributed by atoms with van der Waals surface area (Å²) >= 11 is 0. The van der Waals surface area contributed by atoms with Gasteiger partial charge >= 0.3 is 0 Å². The molecule has 0 radical (unpaired) electrons. The SMILES string of the molecule is CS(=O)(=O)CC[C@H](C(=O)NCCN1CCC(Cc2ccccc2)CC1)N1Cc2ccccc2C1=O. The van der Waals surface area contributed by atoms with Crippen molar-refractivity contribution in [3.05, 3.63) is 71.3 Å². The molecule has 2 amide bonds. The summed E-state index contributed by atoms with van der Waals surface area (Å²) in [6.07, 6.45) is 4.64. The van der Waals surface area contributed by atoms with E-state index in [0.717, 1.165) is 50.7 Å². The molecule has 8 heteroatoms. The maximum Gasteiger partial charge on any atom is 0.255 e. The normalized spacial score (nSPS) is 17.9. The summed E-state index contributed by atoms with van der Waals surface area (Å²) in [5.41, 5.74) is 2.84. The molecule has 4 rings (SSSR count). The number of rotatable bonds is 10. The van der Waals surface area contributed by atoms with Gasteiger partial charge in [-0.15, -0.1) is 0 Å². The largest absolute Gasteiger partial charge is 0.353 e. The standard InChI is InChI=1S/C27H35N3O4S/c1-35(33,34)18-13-25(30-20-23-9-5-6-10-24(23)27(30)32)26(31)28-14-17-29-15-11-22(12-16-29)19-21-7-3-2-4-8-21/h2-10,22,25H,11-20H2,1H3,(H,28,31)/t25-/m1/s1. The minimum Gasteiger partial charge on any atom is -0.353 e. The summed E-state index contributed by atoms with van der Waals surface area (Å²) < 4.78 is 23.6. The van der Waals surface area contributed by atoms with E-state index in [1.54, 1.807) is 12.1 Å². The van der Waals surface area contributed by atoms with Gasteiger partial charge in [-0.2, -0.15) is 0 Å². The third-order valence-electron chi connectivity index (χ3n) is 7.09. The molecule has 2 aliphatic rings. The number of nitrogens with one attached hydrogen (secondary N) is 1. The van der Waals surface area contributed by atoms with Gasteiger partial charge in [0.15, 0.2) is 0 Å². The van der Waals surface area contributed by atoms with Crippen LogP contribution in [0.3, 0.4) is 0 Å². The highest BCUT2D eigenvalue weighted by Crippen LogP contribution is 2.26. The van der Waals surface area contributed by atoms with Gasteiger partial charge in [0.05, 0.1) is 5.75 Å². The molecule has 0 saturated carbocycles. The second-order valence-corrected chi connectivity index (χ2v) is 12.1. The van der Waals surface area contributed by atoms with E-state index in [-0.39, 0.29) is 24.0 Å². The van der Waals surface area contributed by atoms with Crippen LogP contribution in [0.25, 0.3) is 0 Å². The zero-order valence-electron chi connectivity index (χ0n) is 20.4. The van der Waals surface area contributed by atoms with E-state index in [4.69, 9.17) is 0 Å². The average Bonchev–Trinajstić information content (AvgIpc) is 3.17. The van der Waals surface area contributed by atoms with E-state index in [9.17, 15) is 18.0 Å².